The molecule has 0 aliphatic carbocycles. The summed E-state index contributed by atoms with van der Waals surface area (Å²) in [5.74, 6) is 1.96. The number of aromatic nitrogens is 4. The standard InChI is InChI=1S/C55H40N4S/c1-2-3-14-36-25-32-51-48(33-36)47-23-13-22-44(52(47)60-51)42-30-31-46-45-21-10-11-24-49(45)59(50(46)35-42)43-20-12-19-41(34-43)37-26-28-40(29-27-37)55-57-53(38-15-6-4-7-16-38)56-54(58-55)39-17-8-5-9-18-39/h4-13,15-35H,2-3,14H2,1H3. The Balaban J connectivity index is 0.984. The molecule has 0 fully saturated rings. The minimum absolute atomic E-state index is 0.646. The number of hydrogen-bond acceptors (Lipinski definition) is 4. The fourth-order valence-electron chi connectivity index (χ4n) is 8.60. The zero-order valence-electron chi connectivity index (χ0n) is 33.2. The average Bonchev–Trinajstić information content (AvgIpc) is 3.86. The molecule has 0 spiro atoms. The van der Waals surface area contributed by atoms with Crippen molar-refractivity contribution in [2.75, 3.05) is 0 Å². The van der Waals surface area contributed by atoms with Crippen molar-refractivity contribution >= 4 is 53.3 Å². The fraction of sp³-hybridized carbons (Fsp3) is 0.0727. The van der Waals surface area contributed by atoms with Crippen LogP contribution in [0, 0.1) is 0 Å². The molecule has 5 heteroatoms. The number of benzene rings is 8. The quantitative estimate of drug-likeness (QED) is 0.146. The van der Waals surface area contributed by atoms with Crippen molar-refractivity contribution in [2.45, 2.75) is 26.2 Å². The van der Waals surface area contributed by atoms with Gasteiger partial charge in [-0.1, -0.05) is 165 Å². The Morgan fingerprint density at radius 2 is 1.03 bits per heavy atom. The molecule has 11 rings (SSSR count). The molecule has 0 aliphatic rings. The van der Waals surface area contributed by atoms with Crippen molar-refractivity contribution in [3.63, 3.8) is 0 Å². The predicted octanol–water partition coefficient (Wildman–Crippen LogP) is 15.0. The van der Waals surface area contributed by atoms with E-state index in [-0.39, 0.29) is 0 Å². The molecule has 8 aromatic carbocycles. The van der Waals surface area contributed by atoms with Crippen LogP contribution in [-0.4, -0.2) is 19.5 Å². The summed E-state index contributed by atoms with van der Waals surface area (Å²) >= 11 is 1.91. The van der Waals surface area contributed by atoms with Crippen LogP contribution in [0.15, 0.2) is 188 Å². The minimum Gasteiger partial charge on any atom is -0.309 e. The van der Waals surface area contributed by atoms with Crippen LogP contribution in [-0.2, 0) is 6.42 Å². The second-order valence-corrected chi connectivity index (χ2v) is 16.5. The van der Waals surface area contributed by atoms with Crippen LogP contribution in [0.25, 0.3) is 104 Å². The summed E-state index contributed by atoms with van der Waals surface area (Å²) in [5, 5.41) is 5.20. The van der Waals surface area contributed by atoms with Gasteiger partial charge in [0.2, 0.25) is 0 Å². The monoisotopic (exact) mass is 788 g/mol. The first-order valence-corrected chi connectivity index (χ1v) is 21.6. The van der Waals surface area contributed by atoms with E-state index in [0.717, 1.165) is 39.9 Å². The lowest BCUT2D eigenvalue weighted by Gasteiger charge is -2.12. The zero-order valence-corrected chi connectivity index (χ0v) is 34.0. The topological polar surface area (TPSA) is 43.6 Å². The summed E-state index contributed by atoms with van der Waals surface area (Å²) in [6.45, 7) is 2.26. The first-order valence-electron chi connectivity index (χ1n) is 20.7. The van der Waals surface area contributed by atoms with E-state index in [9.17, 15) is 0 Å². The molecule has 60 heavy (non-hydrogen) atoms. The van der Waals surface area contributed by atoms with Gasteiger partial charge >= 0.3 is 0 Å². The lowest BCUT2D eigenvalue weighted by atomic mass is 10.00. The molecule has 11 aromatic rings. The number of unbranched alkanes of at least 4 members (excludes halogenated alkanes) is 1. The van der Waals surface area contributed by atoms with E-state index in [1.165, 1.54) is 71.5 Å². The van der Waals surface area contributed by atoms with Crippen LogP contribution in [0.4, 0.5) is 0 Å². The molecule has 3 heterocycles. The Bertz CT molecular complexity index is 3290. The molecule has 0 atom stereocenters. The second-order valence-electron chi connectivity index (χ2n) is 15.5. The Hall–Kier alpha value is -7.21. The number of fused-ring (bicyclic) bond motifs is 6. The number of hydrogen-bond donors (Lipinski definition) is 0. The summed E-state index contributed by atoms with van der Waals surface area (Å²) in [6.07, 6.45) is 3.55. The highest BCUT2D eigenvalue weighted by Gasteiger charge is 2.17. The maximum absolute atomic E-state index is 4.95. The molecule has 0 radical (unpaired) electrons. The minimum atomic E-state index is 0.646. The van der Waals surface area contributed by atoms with Crippen LogP contribution >= 0.6 is 11.3 Å². The molecule has 0 aliphatic heterocycles. The molecule has 0 unspecified atom stereocenters. The van der Waals surface area contributed by atoms with Gasteiger partial charge in [-0.3, -0.25) is 0 Å². The second kappa shape index (κ2) is 15.2. The van der Waals surface area contributed by atoms with Crippen LogP contribution < -0.4 is 0 Å². The largest absolute Gasteiger partial charge is 0.309 e. The van der Waals surface area contributed by atoms with Crippen molar-refractivity contribution in [3.8, 4) is 62.1 Å². The molecule has 0 amide bonds. The van der Waals surface area contributed by atoms with Gasteiger partial charge in [0.1, 0.15) is 0 Å². The highest BCUT2D eigenvalue weighted by Crippen LogP contribution is 2.42. The van der Waals surface area contributed by atoms with Gasteiger partial charge in [-0.2, -0.15) is 0 Å². The van der Waals surface area contributed by atoms with Crippen LogP contribution in [0.2, 0.25) is 0 Å². The van der Waals surface area contributed by atoms with Crippen LogP contribution in [0.5, 0.6) is 0 Å². The van der Waals surface area contributed by atoms with Gasteiger partial charge in [0.15, 0.2) is 17.5 Å². The Labute approximate surface area is 353 Å². The molecule has 4 nitrogen and oxygen atoms in total. The Morgan fingerprint density at radius 1 is 0.433 bits per heavy atom. The normalized spacial score (nSPS) is 11.6. The van der Waals surface area contributed by atoms with Gasteiger partial charge in [-0.25, -0.2) is 15.0 Å². The number of aryl methyl sites for hydroxylation is 1. The van der Waals surface area contributed by atoms with Crippen molar-refractivity contribution in [3.05, 3.63) is 194 Å². The Kier molecular flexibility index (Phi) is 9.09. The molecular weight excluding hydrogens is 749 g/mol. The van der Waals surface area contributed by atoms with Crippen LogP contribution in [0.1, 0.15) is 25.3 Å². The molecule has 3 aromatic heterocycles. The molecule has 0 saturated heterocycles. The summed E-state index contributed by atoms with van der Waals surface area (Å²) in [5.41, 5.74) is 12.5. The van der Waals surface area contributed by atoms with Crippen LogP contribution in [0.3, 0.4) is 0 Å². The third-order valence-corrected chi connectivity index (χ3v) is 12.9. The third-order valence-electron chi connectivity index (χ3n) is 11.6. The average molecular weight is 789 g/mol. The molecule has 0 N–H and O–H groups in total. The first kappa shape index (κ1) is 35.9. The van der Waals surface area contributed by atoms with Crippen molar-refractivity contribution < 1.29 is 0 Å². The molecule has 0 bridgehead atoms. The van der Waals surface area contributed by atoms with Crippen molar-refractivity contribution in [2.24, 2.45) is 0 Å². The first-order chi connectivity index (χ1) is 29.7. The van der Waals surface area contributed by atoms with Gasteiger partial charge in [-0.05, 0) is 77.1 Å². The van der Waals surface area contributed by atoms with Gasteiger partial charge < -0.3 is 4.57 Å². The zero-order chi connectivity index (χ0) is 40.0. The lowest BCUT2D eigenvalue weighted by Crippen LogP contribution is -2.00. The highest BCUT2D eigenvalue weighted by molar-refractivity contribution is 7.26. The summed E-state index contributed by atoms with van der Waals surface area (Å²) < 4.78 is 5.12. The van der Waals surface area contributed by atoms with Gasteiger partial charge in [0.05, 0.1) is 11.0 Å². The van der Waals surface area contributed by atoms with E-state index >= 15 is 0 Å². The van der Waals surface area contributed by atoms with E-state index in [2.05, 4.69) is 139 Å². The maximum atomic E-state index is 4.95. The maximum Gasteiger partial charge on any atom is 0.164 e. The van der Waals surface area contributed by atoms with Gasteiger partial charge in [0, 0.05) is 53.3 Å². The third kappa shape index (κ3) is 6.44. The predicted molar refractivity (Wildman–Crippen MR) is 253 cm³/mol. The fourth-order valence-corrected chi connectivity index (χ4v) is 9.82. The molecular formula is C55H40N4S. The summed E-state index contributed by atoms with van der Waals surface area (Å²) in [4.78, 5) is 14.8. The number of thiophene rings is 1. The summed E-state index contributed by atoms with van der Waals surface area (Å²) in [7, 11) is 0. The smallest absolute Gasteiger partial charge is 0.164 e. The highest BCUT2D eigenvalue weighted by atomic mass is 32.1. The van der Waals surface area contributed by atoms with E-state index in [1.807, 2.05) is 72.0 Å². The van der Waals surface area contributed by atoms with Crippen molar-refractivity contribution in [1.29, 1.82) is 0 Å². The van der Waals surface area contributed by atoms with Gasteiger partial charge in [0.25, 0.3) is 0 Å². The van der Waals surface area contributed by atoms with E-state index in [4.69, 9.17) is 15.0 Å². The van der Waals surface area contributed by atoms with E-state index in [1.54, 1.807) is 0 Å². The Morgan fingerprint density at radius 3 is 1.77 bits per heavy atom. The van der Waals surface area contributed by atoms with E-state index < -0.39 is 0 Å². The van der Waals surface area contributed by atoms with Gasteiger partial charge in [-0.15, -0.1) is 11.3 Å². The number of nitrogens with zero attached hydrogens (tertiary/aromatic N) is 4. The lowest BCUT2D eigenvalue weighted by molar-refractivity contribution is 0.796. The SMILES string of the molecule is CCCCc1ccc2sc3c(-c4ccc5c6ccccc6n(-c6cccc(-c7ccc(-c8nc(-c9ccccc9)nc(-c9ccccc9)n8)cc7)c6)c5c4)cccc3c2c1. The van der Waals surface area contributed by atoms with Crippen molar-refractivity contribution in [1.82, 2.24) is 19.5 Å². The summed E-state index contributed by atoms with van der Waals surface area (Å²) in [6, 6.07) is 67.3. The molecule has 286 valence electrons. The molecule has 0 saturated carbocycles. The number of para-hydroxylation sites is 1. The van der Waals surface area contributed by atoms with E-state index in [0.29, 0.717) is 17.5 Å². The number of rotatable bonds is 9.